The number of hydrogen-bond donors (Lipinski definition) is 3. The van der Waals surface area contributed by atoms with Gasteiger partial charge >= 0.3 is 0 Å². The van der Waals surface area contributed by atoms with Crippen LogP contribution in [0.4, 0.5) is 5.82 Å². The summed E-state index contributed by atoms with van der Waals surface area (Å²) in [7, 11) is 1.60. The highest BCUT2D eigenvalue weighted by Gasteiger charge is 2.49. The molecule has 2 aliphatic heterocycles. The molecule has 3 heterocycles. The Labute approximate surface area is 218 Å². The van der Waals surface area contributed by atoms with Crippen LogP contribution >= 0.6 is 0 Å². The van der Waals surface area contributed by atoms with Crippen LogP contribution in [0.15, 0.2) is 36.5 Å². The van der Waals surface area contributed by atoms with E-state index >= 15 is 0 Å². The molecular weight excluding hydrogens is 474 g/mol. The van der Waals surface area contributed by atoms with Gasteiger partial charge in [0.25, 0.3) is 5.91 Å². The molecule has 0 aliphatic carbocycles. The van der Waals surface area contributed by atoms with Gasteiger partial charge in [-0.2, -0.15) is 0 Å². The van der Waals surface area contributed by atoms with Crippen molar-refractivity contribution in [2.24, 2.45) is 5.41 Å². The van der Waals surface area contributed by atoms with Gasteiger partial charge in [0.15, 0.2) is 17.6 Å². The molecule has 37 heavy (non-hydrogen) atoms. The van der Waals surface area contributed by atoms with Crippen molar-refractivity contribution in [2.75, 3.05) is 44.8 Å². The van der Waals surface area contributed by atoms with Crippen molar-refractivity contribution in [3.63, 3.8) is 0 Å². The van der Waals surface area contributed by atoms with Crippen molar-refractivity contribution in [3.8, 4) is 11.5 Å². The second-order valence-corrected chi connectivity index (χ2v) is 10.8. The van der Waals surface area contributed by atoms with Crippen LogP contribution in [0.3, 0.4) is 0 Å². The molecule has 1 amide bonds. The summed E-state index contributed by atoms with van der Waals surface area (Å²) in [6.07, 6.45) is -0.276. The number of hydrogen-bond acceptors (Lipinski definition) is 8. The minimum atomic E-state index is -1.47. The summed E-state index contributed by atoms with van der Waals surface area (Å²) in [6.45, 7) is 9.31. The largest absolute Gasteiger partial charge is 0.493 e. The molecule has 0 bridgehead atoms. The Morgan fingerprint density at radius 3 is 2.43 bits per heavy atom. The number of pyridine rings is 1. The molecule has 0 saturated carbocycles. The molecule has 202 valence electrons. The third-order valence-electron chi connectivity index (χ3n) is 7.95. The number of rotatable bonds is 9. The topological polar surface area (TPSA) is 116 Å². The zero-order valence-electron chi connectivity index (χ0n) is 22.3. The van der Waals surface area contributed by atoms with E-state index in [4.69, 9.17) is 9.47 Å². The van der Waals surface area contributed by atoms with E-state index in [1.807, 2.05) is 37.4 Å². The fourth-order valence-electron chi connectivity index (χ4n) is 5.19. The Hall–Kier alpha value is -2.88. The van der Waals surface area contributed by atoms with E-state index < -0.39 is 30.1 Å². The van der Waals surface area contributed by atoms with Gasteiger partial charge in [-0.1, -0.05) is 32.9 Å². The number of ether oxygens (including phenoxy) is 2. The molecule has 4 rings (SSSR count). The van der Waals surface area contributed by atoms with Crippen LogP contribution in [-0.4, -0.2) is 89.3 Å². The number of benzene rings is 1. The van der Waals surface area contributed by atoms with Crippen molar-refractivity contribution >= 4 is 11.7 Å². The lowest BCUT2D eigenvalue weighted by Gasteiger charge is -2.40. The van der Waals surface area contributed by atoms with E-state index in [0.717, 1.165) is 11.4 Å². The van der Waals surface area contributed by atoms with Gasteiger partial charge in [0, 0.05) is 30.6 Å². The maximum Gasteiger partial charge on any atom is 0.253 e. The van der Waals surface area contributed by atoms with Crippen LogP contribution < -0.4 is 14.4 Å². The lowest BCUT2D eigenvalue weighted by atomic mass is 9.72. The van der Waals surface area contributed by atoms with Crippen molar-refractivity contribution < 1.29 is 29.6 Å². The van der Waals surface area contributed by atoms with E-state index in [2.05, 4.69) is 29.8 Å². The van der Waals surface area contributed by atoms with Crippen molar-refractivity contribution in [3.05, 3.63) is 47.7 Å². The van der Waals surface area contributed by atoms with Crippen LogP contribution in [0.2, 0.25) is 0 Å². The smallest absolute Gasteiger partial charge is 0.253 e. The number of aromatic nitrogens is 1. The van der Waals surface area contributed by atoms with E-state index in [9.17, 15) is 20.1 Å². The monoisotopic (exact) mass is 513 g/mol. The third-order valence-corrected chi connectivity index (χ3v) is 7.95. The van der Waals surface area contributed by atoms with E-state index in [-0.39, 0.29) is 18.6 Å². The molecular formula is C28H39N3O6. The molecule has 4 atom stereocenters. The van der Waals surface area contributed by atoms with Crippen LogP contribution in [0.1, 0.15) is 50.7 Å². The molecule has 0 spiro atoms. The SMILES string of the molecule is COc1ccc([C@@H]2CN(C(=O)C(O)CO)C[C@@]2(C)C(C)O)cc1OC1CN(c2ccc(C(C)C)cn2)C1. The molecule has 3 N–H and O–H groups in total. The molecule has 9 heteroatoms. The highest BCUT2D eigenvalue weighted by molar-refractivity contribution is 5.81. The first-order chi connectivity index (χ1) is 17.6. The summed E-state index contributed by atoms with van der Waals surface area (Å²) in [5.74, 6) is 1.86. The summed E-state index contributed by atoms with van der Waals surface area (Å²) < 4.78 is 11.9. The number of likely N-dealkylation sites (tertiary alicyclic amines) is 1. The fraction of sp³-hybridized carbons (Fsp3) is 0.571. The van der Waals surface area contributed by atoms with Gasteiger partial charge in [0.05, 0.1) is 32.9 Å². The number of carbonyl (C=O) groups is 1. The summed E-state index contributed by atoms with van der Waals surface area (Å²) >= 11 is 0. The maximum atomic E-state index is 12.6. The number of aliphatic hydroxyl groups excluding tert-OH is 3. The molecule has 2 saturated heterocycles. The Kier molecular flexibility index (Phi) is 7.96. The van der Waals surface area contributed by atoms with E-state index in [1.165, 1.54) is 10.5 Å². The molecule has 1 aromatic carbocycles. The minimum Gasteiger partial charge on any atom is -0.493 e. The zero-order valence-corrected chi connectivity index (χ0v) is 22.3. The fourth-order valence-corrected chi connectivity index (χ4v) is 5.19. The second-order valence-electron chi connectivity index (χ2n) is 10.8. The van der Waals surface area contributed by atoms with Crippen molar-refractivity contribution in [2.45, 2.75) is 57.8 Å². The van der Waals surface area contributed by atoms with Crippen molar-refractivity contribution in [1.82, 2.24) is 9.88 Å². The van der Waals surface area contributed by atoms with Crippen LogP contribution in [0, 0.1) is 5.41 Å². The highest BCUT2D eigenvalue weighted by atomic mass is 16.5. The van der Waals surface area contributed by atoms with Crippen molar-refractivity contribution in [1.29, 1.82) is 0 Å². The molecule has 2 fully saturated rings. The molecule has 2 aliphatic rings. The molecule has 9 nitrogen and oxygen atoms in total. The van der Waals surface area contributed by atoms with Gasteiger partial charge in [-0.05, 0) is 42.2 Å². The average Bonchev–Trinajstić information content (AvgIpc) is 3.23. The normalized spacial score (nSPS) is 23.6. The number of amides is 1. The van der Waals surface area contributed by atoms with E-state index in [1.54, 1.807) is 14.0 Å². The predicted molar refractivity (Wildman–Crippen MR) is 140 cm³/mol. The lowest BCUT2D eigenvalue weighted by molar-refractivity contribution is -0.141. The third kappa shape index (κ3) is 5.39. The number of nitrogens with zero attached hydrogens (tertiary/aromatic N) is 3. The lowest BCUT2D eigenvalue weighted by Crippen LogP contribution is -2.54. The first-order valence-corrected chi connectivity index (χ1v) is 12.9. The predicted octanol–water partition coefficient (Wildman–Crippen LogP) is 2.15. The molecule has 1 aromatic heterocycles. The number of carbonyl (C=O) groups excluding carboxylic acids is 1. The summed E-state index contributed by atoms with van der Waals surface area (Å²) in [4.78, 5) is 20.9. The number of methoxy groups -OCH3 is 1. The zero-order chi connectivity index (χ0) is 26.9. The van der Waals surface area contributed by atoms with Gasteiger partial charge in [0.2, 0.25) is 0 Å². The maximum absolute atomic E-state index is 12.6. The van der Waals surface area contributed by atoms with Gasteiger partial charge in [-0.15, -0.1) is 0 Å². The summed E-state index contributed by atoms with van der Waals surface area (Å²) in [5.41, 5.74) is 1.48. The highest BCUT2D eigenvalue weighted by Crippen LogP contribution is 2.47. The Bertz CT molecular complexity index is 1090. The molecule has 2 unspecified atom stereocenters. The van der Waals surface area contributed by atoms with Gasteiger partial charge < -0.3 is 34.6 Å². The number of anilines is 1. The quantitative estimate of drug-likeness (QED) is 0.467. The number of aliphatic hydroxyl groups is 3. The standard InChI is InChI=1S/C28H39N3O6/c1-17(2)20-7-9-26(29-11-20)30-12-21(13-30)37-25-10-19(6-8-24(25)36-5)22-14-31(27(35)23(34)15-32)16-28(22,4)18(3)33/h6-11,17-18,21-23,32-34H,12-16H2,1-5H3/t18?,22-,23?,28-/m0/s1. The first kappa shape index (κ1) is 27.2. The average molecular weight is 514 g/mol. The Balaban J connectivity index is 1.49. The van der Waals surface area contributed by atoms with Gasteiger partial charge in [-0.25, -0.2) is 4.98 Å². The summed E-state index contributed by atoms with van der Waals surface area (Å²) in [6, 6.07) is 9.87. The Morgan fingerprint density at radius 1 is 1.14 bits per heavy atom. The molecule has 0 radical (unpaired) electrons. The van der Waals surface area contributed by atoms with Gasteiger partial charge in [-0.3, -0.25) is 4.79 Å². The van der Waals surface area contributed by atoms with E-state index in [0.29, 0.717) is 37.1 Å². The second kappa shape index (κ2) is 10.8. The van der Waals surface area contributed by atoms with Gasteiger partial charge in [0.1, 0.15) is 11.9 Å². The summed E-state index contributed by atoms with van der Waals surface area (Å²) in [5, 5.41) is 29.8. The Morgan fingerprint density at radius 2 is 1.86 bits per heavy atom. The molecule has 2 aromatic rings. The van der Waals surface area contributed by atoms with Crippen LogP contribution in [0.5, 0.6) is 11.5 Å². The first-order valence-electron chi connectivity index (χ1n) is 12.9. The van der Waals surface area contributed by atoms with Crippen LogP contribution in [-0.2, 0) is 4.79 Å². The van der Waals surface area contributed by atoms with Crippen LogP contribution in [0.25, 0.3) is 0 Å². The minimum absolute atomic E-state index is 0.0276.